The van der Waals surface area contributed by atoms with Gasteiger partial charge in [-0.05, 0) is 30.3 Å². The zero-order valence-corrected chi connectivity index (χ0v) is 9.96. The van der Waals surface area contributed by atoms with Gasteiger partial charge in [-0.15, -0.1) is 0 Å². The highest BCUT2D eigenvalue weighted by molar-refractivity contribution is 6.36. The Balaban J connectivity index is 2.16. The van der Waals surface area contributed by atoms with Crippen molar-refractivity contribution >= 4 is 28.9 Å². The molecule has 0 atom stereocenters. The van der Waals surface area contributed by atoms with Gasteiger partial charge in [0.2, 0.25) is 0 Å². The highest BCUT2D eigenvalue weighted by Gasteiger charge is 2.37. The Morgan fingerprint density at radius 3 is 2.32 bits per heavy atom. The SMILES string of the molecule is Nc1cccc(N2C(=O)c3cccc(N)c3C2=O)c1. The Labute approximate surface area is 109 Å². The topological polar surface area (TPSA) is 89.4 Å². The van der Waals surface area contributed by atoms with Gasteiger partial charge in [-0.1, -0.05) is 12.1 Å². The fourth-order valence-corrected chi connectivity index (χ4v) is 2.21. The molecular weight excluding hydrogens is 242 g/mol. The van der Waals surface area contributed by atoms with Crippen molar-refractivity contribution in [2.24, 2.45) is 0 Å². The number of fused-ring (bicyclic) bond motifs is 1. The van der Waals surface area contributed by atoms with E-state index in [-0.39, 0.29) is 11.5 Å². The first kappa shape index (κ1) is 11.3. The molecule has 3 rings (SSSR count). The van der Waals surface area contributed by atoms with Crippen LogP contribution in [-0.4, -0.2) is 11.8 Å². The number of hydrogen-bond acceptors (Lipinski definition) is 4. The van der Waals surface area contributed by atoms with Crippen molar-refractivity contribution < 1.29 is 9.59 Å². The average Bonchev–Trinajstić information content (AvgIpc) is 2.63. The van der Waals surface area contributed by atoms with E-state index in [2.05, 4.69) is 0 Å². The van der Waals surface area contributed by atoms with E-state index in [1.165, 1.54) is 0 Å². The Morgan fingerprint density at radius 2 is 1.63 bits per heavy atom. The molecule has 0 radical (unpaired) electrons. The van der Waals surface area contributed by atoms with Gasteiger partial charge in [0.1, 0.15) is 0 Å². The van der Waals surface area contributed by atoms with Crippen molar-refractivity contribution in [3.63, 3.8) is 0 Å². The summed E-state index contributed by atoms with van der Waals surface area (Å²) in [6.45, 7) is 0. The highest BCUT2D eigenvalue weighted by Crippen LogP contribution is 2.32. The van der Waals surface area contributed by atoms with Gasteiger partial charge >= 0.3 is 0 Å². The molecule has 4 N–H and O–H groups in total. The standard InChI is InChI=1S/C14H11N3O2/c15-8-3-1-4-9(7-8)17-13(18)10-5-2-6-11(16)12(10)14(17)19/h1-7H,15-16H2. The number of imide groups is 1. The molecule has 94 valence electrons. The first-order chi connectivity index (χ1) is 9.09. The lowest BCUT2D eigenvalue weighted by Crippen LogP contribution is -2.29. The van der Waals surface area contributed by atoms with E-state index in [4.69, 9.17) is 11.5 Å². The minimum Gasteiger partial charge on any atom is -0.399 e. The van der Waals surface area contributed by atoms with Gasteiger partial charge in [0, 0.05) is 11.4 Å². The number of carbonyl (C=O) groups excluding carboxylic acids is 2. The fraction of sp³-hybridized carbons (Fsp3) is 0. The average molecular weight is 253 g/mol. The zero-order chi connectivity index (χ0) is 13.6. The number of rotatable bonds is 1. The number of benzene rings is 2. The van der Waals surface area contributed by atoms with Gasteiger partial charge in [0.15, 0.2) is 0 Å². The summed E-state index contributed by atoms with van der Waals surface area (Å²) in [5.41, 5.74) is 13.3. The van der Waals surface area contributed by atoms with Gasteiger partial charge < -0.3 is 11.5 Å². The molecule has 19 heavy (non-hydrogen) atoms. The maximum Gasteiger partial charge on any atom is 0.268 e. The quantitative estimate of drug-likeness (QED) is 0.597. The van der Waals surface area contributed by atoms with Crippen LogP contribution in [0.3, 0.4) is 0 Å². The zero-order valence-electron chi connectivity index (χ0n) is 9.96. The van der Waals surface area contributed by atoms with Crippen molar-refractivity contribution in [1.29, 1.82) is 0 Å². The van der Waals surface area contributed by atoms with Crippen LogP contribution in [0.25, 0.3) is 0 Å². The Kier molecular flexibility index (Phi) is 2.28. The van der Waals surface area contributed by atoms with Crippen LogP contribution in [0.4, 0.5) is 17.1 Å². The van der Waals surface area contributed by atoms with E-state index in [9.17, 15) is 9.59 Å². The van der Waals surface area contributed by atoms with Crippen LogP contribution in [-0.2, 0) is 0 Å². The van der Waals surface area contributed by atoms with E-state index in [0.717, 1.165) is 4.90 Å². The largest absolute Gasteiger partial charge is 0.399 e. The van der Waals surface area contributed by atoms with E-state index in [1.54, 1.807) is 42.5 Å². The Morgan fingerprint density at radius 1 is 0.895 bits per heavy atom. The van der Waals surface area contributed by atoms with Gasteiger partial charge in [-0.25, -0.2) is 4.90 Å². The molecule has 0 aromatic heterocycles. The lowest BCUT2D eigenvalue weighted by atomic mass is 10.1. The monoisotopic (exact) mass is 253 g/mol. The second-order valence-corrected chi connectivity index (χ2v) is 4.31. The molecule has 0 unspecified atom stereocenters. The molecule has 5 nitrogen and oxygen atoms in total. The molecule has 5 heteroatoms. The lowest BCUT2D eigenvalue weighted by Gasteiger charge is -2.14. The molecule has 1 aliphatic rings. The van der Waals surface area contributed by atoms with E-state index < -0.39 is 5.91 Å². The summed E-state index contributed by atoms with van der Waals surface area (Å²) in [7, 11) is 0. The molecule has 0 saturated carbocycles. The molecule has 0 aliphatic carbocycles. The van der Waals surface area contributed by atoms with Crippen LogP contribution in [0.5, 0.6) is 0 Å². The summed E-state index contributed by atoms with van der Waals surface area (Å²) in [5.74, 6) is -0.790. The van der Waals surface area contributed by atoms with Crippen molar-refractivity contribution in [1.82, 2.24) is 0 Å². The van der Waals surface area contributed by atoms with Crippen molar-refractivity contribution in [2.75, 3.05) is 16.4 Å². The number of amides is 2. The molecule has 0 spiro atoms. The smallest absolute Gasteiger partial charge is 0.268 e. The van der Waals surface area contributed by atoms with Crippen LogP contribution in [0.1, 0.15) is 20.7 Å². The van der Waals surface area contributed by atoms with Crippen LogP contribution < -0.4 is 16.4 Å². The second kappa shape index (κ2) is 3.84. The molecule has 1 aliphatic heterocycles. The molecule has 0 saturated heterocycles. The highest BCUT2D eigenvalue weighted by atomic mass is 16.2. The normalized spacial score (nSPS) is 13.8. The molecular formula is C14H11N3O2. The number of anilines is 3. The number of nitrogens with zero attached hydrogens (tertiary/aromatic N) is 1. The third-order valence-corrected chi connectivity index (χ3v) is 3.08. The number of nitrogens with two attached hydrogens (primary N) is 2. The van der Waals surface area contributed by atoms with Gasteiger partial charge in [0.05, 0.1) is 16.8 Å². The van der Waals surface area contributed by atoms with Crippen LogP contribution in [0.15, 0.2) is 42.5 Å². The summed E-state index contributed by atoms with van der Waals surface area (Å²) < 4.78 is 0. The van der Waals surface area contributed by atoms with Gasteiger partial charge in [0.25, 0.3) is 11.8 Å². The number of carbonyl (C=O) groups is 2. The summed E-state index contributed by atoms with van der Waals surface area (Å²) >= 11 is 0. The fourth-order valence-electron chi connectivity index (χ4n) is 2.21. The molecule has 2 aromatic carbocycles. The lowest BCUT2D eigenvalue weighted by molar-refractivity contribution is 0.0926. The third kappa shape index (κ3) is 1.55. The molecule has 1 heterocycles. The first-order valence-electron chi connectivity index (χ1n) is 5.72. The van der Waals surface area contributed by atoms with Crippen molar-refractivity contribution in [3.05, 3.63) is 53.6 Å². The second-order valence-electron chi connectivity index (χ2n) is 4.31. The molecule has 0 bridgehead atoms. The van der Waals surface area contributed by atoms with Crippen LogP contribution in [0, 0.1) is 0 Å². The predicted octanol–water partition coefficient (Wildman–Crippen LogP) is 1.65. The van der Waals surface area contributed by atoms with Crippen molar-refractivity contribution in [3.8, 4) is 0 Å². The van der Waals surface area contributed by atoms with E-state index >= 15 is 0 Å². The first-order valence-corrected chi connectivity index (χ1v) is 5.72. The van der Waals surface area contributed by atoms with Crippen LogP contribution >= 0.6 is 0 Å². The van der Waals surface area contributed by atoms with Gasteiger partial charge in [-0.2, -0.15) is 0 Å². The van der Waals surface area contributed by atoms with Crippen molar-refractivity contribution in [2.45, 2.75) is 0 Å². The third-order valence-electron chi connectivity index (χ3n) is 3.08. The Bertz CT molecular complexity index is 710. The number of hydrogen-bond donors (Lipinski definition) is 2. The molecule has 0 fully saturated rings. The molecule has 2 aromatic rings. The summed E-state index contributed by atoms with van der Waals surface area (Å²) in [5, 5.41) is 0. The van der Waals surface area contributed by atoms with Gasteiger partial charge in [-0.3, -0.25) is 9.59 Å². The van der Waals surface area contributed by atoms with Crippen LogP contribution in [0.2, 0.25) is 0 Å². The maximum atomic E-state index is 12.3. The predicted molar refractivity (Wildman–Crippen MR) is 72.8 cm³/mol. The minimum atomic E-state index is -0.413. The summed E-state index contributed by atoms with van der Waals surface area (Å²) in [4.78, 5) is 25.7. The molecule has 2 amide bonds. The number of nitrogen functional groups attached to an aromatic ring is 2. The van der Waals surface area contributed by atoms with E-state index in [0.29, 0.717) is 22.6 Å². The van der Waals surface area contributed by atoms with E-state index in [1.807, 2.05) is 0 Å². The summed E-state index contributed by atoms with van der Waals surface area (Å²) in [6.07, 6.45) is 0. The minimum absolute atomic E-state index is 0.259. The summed E-state index contributed by atoms with van der Waals surface area (Å²) in [6, 6.07) is 11.5. The maximum absolute atomic E-state index is 12.3. The Hall–Kier alpha value is -2.82.